The molecule has 4 nitrogen and oxygen atoms in total. The molecule has 0 unspecified atom stereocenters. The van der Waals surface area contributed by atoms with E-state index >= 15 is 0 Å². The van der Waals surface area contributed by atoms with E-state index < -0.39 is 11.7 Å². The van der Waals surface area contributed by atoms with Crippen LogP contribution >= 0.6 is 0 Å². The van der Waals surface area contributed by atoms with E-state index in [1.165, 1.54) is 30.5 Å². The Hall–Kier alpha value is -3.80. The molecule has 0 aliphatic rings. The van der Waals surface area contributed by atoms with Gasteiger partial charge in [0.25, 0.3) is 5.91 Å². The summed E-state index contributed by atoms with van der Waals surface area (Å²) in [7, 11) is 0. The summed E-state index contributed by atoms with van der Waals surface area (Å²) in [4.78, 5) is 16.9. The van der Waals surface area contributed by atoms with Gasteiger partial charge in [-0.3, -0.25) is 4.79 Å². The minimum Gasteiger partial charge on any atom is -0.436 e. The monoisotopic (exact) mass is 376 g/mol. The van der Waals surface area contributed by atoms with Crippen LogP contribution in [0.4, 0.5) is 14.5 Å². The topological polar surface area (TPSA) is 55.1 Å². The number of para-hydroxylation sites is 1. The number of aromatic nitrogens is 1. The molecule has 1 N–H and O–H groups in total. The fourth-order valence-corrected chi connectivity index (χ4v) is 2.77. The molecule has 0 bridgehead atoms. The van der Waals surface area contributed by atoms with E-state index in [1.54, 1.807) is 48.5 Å². The van der Waals surface area contributed by atoms with Crippen molar-refractivity contribution in [2.24, 2.45) is 0 Å². The third kappa shape index (κ3) is 3.53. The molecular formula is C22H14F2N2O2. The van der Waals surface area contributed by atoms with E-state index in [-0.39, 0.29) is 17.4 Å². The third-order valence-corrected chi connectivity index (χ3v) is 4.16. The number of carbonyl (C=O) groups is 1. The van der Waals surface area contributed by atoms with Crippen LogP contribution in [0.25, 0.3) is 22.8 Å². The fourth-order valence-electron chi connectivity index (χ4n) is 2.77. The van der Waals surface area contributed by atoms with Crippen molar-refractivity contribution in [3.05, 3.63) is 96.2 Å². The summed E-state index contributed by atoms with van der Waals surface area (Å²) < 4.78 is 32.7. The van der Waals surface area contributed by atoms with Gasteiger partial charge in [-0.25, -0.2) is 13.8 Å². The highest BCUT2D eigenvalue weighted by Gasteiger charge is 2.18. The first-order valence-corrected chi connectivity index (χ1v) is 8.49. The molecule has 0 fully saturated rings. The van der Waals surface area contributed by atoms with Gasteiger partial charge in [0.1, 0.15) is 11.6 Å². The molecule has 0 saturated carbocycles. The second-order valence-corrected chi connectivity index (χ2v) is 6.02. The summed E-state index contributed by atoms with van der Waals surface area (Å²) in [5.74, 6) is -0.679. The van der Waals surface area contributed by atoms with Gasteiger partial charge in [0.15, 0.2) is 5.76 Å². The van der Waals surface area contributed by atoms with Gasteiger partial charge in [-0.15, -0.1) is 0 Å². The van der Waals surface area contributed by atoms with Crippen molar-refractivity contribution in [3.8, 4) is 22.8 Å². The molecule has 0 atom stereocenters. The summed E-state index contributed by atoms with van der Waals surface area (Å²) in [5.41, 5.74) is 1.50. The number of nitrogens with zero attached hydrogens (tertiary/aromatic N) is 1. The fraction of sp³-hybridized carbons (Fsp3) is 0. The molecule has 1 amide bonds. The summed E-state index contributed by atoms with van der Waals surface area (Å²) in [6.45, 7) is 0. The summed E-state index contributed by atoms with van der Waals surface area (Å²) in [6, 6.07) is 18.5. The van der Waals surface area contributed by atoms with Crippen molar-refractivity contribution >= 4 is 11.6 Å². The Morgan fingerprint density at radius 2 is 1.61 bits per heavy atom. The van der Waals surface area contributed by atoms with Crippen molar-refractivity contribution in [2.75, 3.05) is 5.32 Å². The zero-order valence-corrected chi connectivity index (χ0v) is 14.5. The Labute approximate surface area is 159 Å². The van der Waals surface area contributed by atoms with Gasteiger partial charge < -0.3 is 9.73 Å². The van der Waals surface area contributed by atoms with E-state index in [9.17, 15) is 13.6 Å². The molecule has 28 heavy (non-hydrogen) atoms. The summed E-state index contributed by atoms with van der Waals surface area (Å²) in [5, 5.41) is 2.56. The van der Waals surface area contributed by atoms with Crippen LogP contribution in [0, 0.1) is 11.6 Å². The van der Waals surface area contributed by atoms with Crippen LogP contribution in [-0.4, -0.2) is 10.9 Å². The van der Waals surface area contributed by atoms with Gasteiger partial charge in [-0.05, 0) is 48.5 Å². The number of hydrogen-bond acceptors (Lipinski definition) is 3. The first kappa shape index (κ1) is 17.6. The van der Waals surface area contributed by atoms with E-state index in [4.69, 9.17) is 4.42 Å². The van der Waals surface area contributed by atoms with Crippen molar-refractivity contribution in [2.45, 2.75) is 0 Å². The number of hydrogen-bond donors (Lipinski definition) is 1. The summed E-state index contributed by atoms with van der Waals surface area (Å²) >= 11 is 0. The van der Waals surface area contributed by atoms with Gasteiger partial charge in [0, 0.05) is 11.1 Å². The van der Waals surface area contributed by atoms with Gasteiger partial charge >= 0.3 is 0 Å². The Bertz CT molecular complexity index is 1140. The minimum atomic E-state index is -0.525. The van der Waals surface area contributed by atoms with Crippen LogP contribution in [-0.2, 0) is 0 Å². The molecule has 1 heterocycles. The van der Waals surface area contributed by atoms with Gasteiger partial charge in [0.2, 0.25) is 5.89 Å². The molecule has 6 heteroatoms. The van der Waals surface area contributed by atoms with Gasteiger partial charge in [0.05, 0.1) is 17.4 Å². The Kier molecular flexibility index (Phi) is 4.68. The van der Waals surface area contributed by atoms with E-state index in [2.05, 4.69) is 10.3 Å². The molecule has 0 radical (unpaired) electrons. The summed E-state index contributed by atoms with van der Waals surface area (Å²) in [6.07, 6.45) is 1.51. The third-order valence-electron chi connectivity index (χ3n) is 4.16. The molecule has 0 saturated heterocycles. The smallest absolute Gasteiger partial charge is 0.256 e. The first-order valence-electron chi connectivity index (χ1n) is 8.49. The quantitative estimate of drug-likeness (QED) is 0.509. The van der Waals surface area contributed by atoms with E-state index in [0.29, 0.717) is 22.5 Å². The predicted molar refractivity (Wildman–Crippen MR) is 102 cm³/mol. The van der Waals surface area contributed by atoms with Crippen LogP contribution in [0.1, 0.15) is 10.4 Å². The largest absolute Gasteiger partial charge is 0.436 e. The Morgan fingerprint density at radius 3 is 2.39 bits per heavy atom. The molecule has 3 aromatic carbocycles. The maximum atomic E-state index is 13.8. The van der Waals surface area contributed by atoms with Gasteiger partial charge in [-0.1, -0.05) is 24.3 Å². The molecule has 0 aliphatic carbocycles. The number of anilines is 1. The van der Waals surface area contributed by atoms with Crippen molar-refractivity contribution < 1.29 is 18.0 Å². The average Bonchev–Trinajstić information content (AvgIpc) is 3.20. The lowest BCUT2D eigenvalue weighted by atomic mass is 10.1. The highest BCUT2D eigenvalue weighted by molar-refractivity contribution is 6.08. The number of rotatable bonds is 4. The van der Waals surface area contributed by atoms with E-state index in [1.807, 2.05) is 0 Å². The average molecular weight is 376 g/mol. The molecular weight excluding hydrogens is 362 g/mol. The lowest BCUT2D eigenvalue weighted by Crippen LogP contribution is -2.14. The Morgan fingerprint density at radius 1 is 0.893 bits per heavy atom. The standard InChI is InChI=1S/C22H14F2N2O2/c23-15-11-9-14(10-12-15)20-13-25-22(28-20)17-6-2-1-5-16(17)21(27)26-19-8-4-3-7-18(19)24/h1-13H,(H,26,27). The maximum Gasteiger partial charge on any atom is 0.256 e. The molecule has 4 aromatic rings. The SMILES string of the molecule is O=C(Nc1ccccc1F)c1ccccc1-c1ncc(-c2ccc(F)cc2)o1. The molecule has 0 spiro atoms. The highest BCUT2D eigenvalue weighted by atomic mass is 19.1. The van der Waals surface area contributed by atoms with Crippen molar-refractivity contribution in [3.63, 3.8) is 0 Å². The zero-order valence-electron chi connectivity index (χ0n) is 14.5. The van der Waals surface area contributed by atoms with Crippen LogP contribution in [0.3, 0.4) is 0 Å². The Balaban J connectivity index is 1.66. The van der Waals surface area contributed by atoms with Crippen LogP contribution < -0.4 is 5.32 Å². The van der Waals surface area contributed by atoms with Crippen LogP contribution in [0.15, 0.2) is 83.4 Å². The van der Waals surface area contributed by atoms with Gasteiger partial charge in [-0.2, -0.15) is 0 Å². The highest BCUT2D eigenvalue weighted by Crippen LogP contribution is 2.29. The molecule has 4 rings (SSSR count). The number of oxazole rings is 1. The number of halogens is 2. The minimum absolute atomic E-state index is 0.0849. The first-order chi connectivity index (χ1) is 13.6. The lowest BCUT2D eigenvalue weighted by Gasteiger charge is -2.09. The second kappa shape index (κ2) is 7.44. The second-order valence-electron chi connectivity index (χ2n) is 6.02. The van der Waals surface area contributed by atoms with Crippen LogP contribution in [0.5, 0.6) is 0 Å². The number of benzene rings is 3. The van der Waals surface area contributed by atoms with Crippen LogP contribution in [0.2, 0.25) is 0 Å². The molecule has 138 valence electrons. The molecule has 1 aromatic heterocycles. The van der Waals surface area contributed by atoms with Crippen molar-refractivity contribution in [1.82, 2.24) is 4.98 Å². The zero-order chi connectivity index (χ0) is 19.5. The number of nitrogens with one attached hydrogen (secondary N) is 1. The van der Waals surface area contributed by atoms with Crippen molar-refractivity contribution in [1.29, 1.82) is 0 Å². The maximum absolute atomic E-state index is 13.8. The predicted octanol–water partition coefficient (Wildman–Crippen LogP) is 5.54. The number of amides is 1. The van der Waals surface area contributed by atoms with E-state index in [0.717, 1.165) is 0 Å². The number of carbonyl (C=O) groups excluding carboxylic acids is 1. The normalized spacial score (nSPS) is 10.6. The lowest BCUT2D eigenvalue weighted by molar-refractivity contribution is 0.102. The molecule has 0 aliphatic heterocycles.